The largest absolute Gasteiger partial charge is 0.481 e. The van der Waals surface area contributed by atoms with Crippen molar-refractivity contribution in [3.8, 4) is 0 Å². The average Bonchev–Trinajstić information content (AvgIpc) is 2.40. The highest BCUT2D eigenvalue weighted by molar-refractivity contribution is 5.74. The van der Waals surface area contributed by atoms with E-state index in [2.05, 4.69) is 29.4 Å². The van der Waals surface area contributed by atoms with Gasteiger partial charge in [0.05, 0.1) is 0 Å². The number of carbonyl (C=O) groups is 2. The van der Waals surface area contributed by atoms with Crippen LogP contribution in [0.15, 0.2) is 0 Å². The maximum atomic E-state index is 11.7. The van der Waals surface area contributed by atoms with Crippen molar-refractivity contribution in [3.05, 3.63) is 0 Å². The Morgan fingerprint density at radius 3 is 2.33 bits per heavy atom. The number of nitrogens with zero attached hydrogens (tertiary/aromatic N) is 1. The number of hydrogen-bond donors (Lipinski definition) is 3. The number of carboxylic acids is 1. The number of hydrogen-bond acceptors (Lipinski definition) is 3. The molecule has 0 saturated heterocycles. The molecule has 0 aliphatic heterocycles. The second-order valence-electron chi connectivity index (χ2n) is 5.63. The van der Waals surface area contributed by atoms with Crippen LogP contribution in [0.1, 0.15) is 47.0 Å². The van der Waals surface area contributed by atoms with Gasteiger partial charge in [0.25, 0.3) is 0 Å². The van der Waals surface area contributed by atoms with Crippen molar-refractivity contribution >= 4 is 12.0 Å². The molecule has 0 aromatic rings. The highest BCUT2D eigenvalue weighted by Crippen LogP contribution is 2.01. The van der Waals surface area contributed by atoms with Gasteiger partial charge in [-0.2, -0.15) is 0 Å². The Hall–Kier alpha value is -1.30. The molecule has 6 nitrogen and oxygen atoms in total. The van der Waals surface area contributed by atoms with Gasteiger partial charge in [0.2, 0.25) is 0 Å². The number of amides is 2. The molecule has 0 radical (unpaired) electrons. The number of nitrogens with one attached hydrogen (secondary N) is 2. The Morgan fingerprint density at radius 2 is 1.81 bits per heavy atom. The molecular formula is C15H31N3O3. The zero-order chi connectivity index (χ0) is 16.3. The van der Waals surface area contributed by atoms with Crippen LogP contribution in [-0.2, 0) is 4.79 Å². The summed E-state index contributed by atoms with van der Waals surface area (Å²) in [5.41, 5.74) is 0. The molecule has 21 heavy (non-hydrogen) atoms. The number of carboxylic acid groups (broad SMARTS) is 1. The highest BCUT2D eigenvalue weighted by atomic mass is 16.4. The molecule has 0 saturated carbocycles. The van der Waals surface area contributed by atoms with Gasteiger partial charge >= 0.3 is 12.0 Å². The van der Waals surface area contributed by atoms with Gasteiger partial charge in [0.15, 0.2) is 0 Å². The van der Waals surface area contributed by atoms with Crippen LogP contribution in [0, 0.1) is 5.92 Å². The standard InChI is InChI=1S/C15H31N3O3/c1-5-18(6-2)9-7-8-13(4)17-15(21)16-11-12(3)10-14(19)20/h12-13H,5-11H2,1-4H3,(H,19,20)(H2,16,17,21). The highest BCUT2D eigenvalue weighted by Gasteiger charge is 2.11. The topological polar surface area (TPSA) is 81.7 Å². The van der Waals surface area contributed by atoms with Crippen LogP contribution in [0.5, 0.6) is 0 Å². The third-order valence-electron chi connectivity index (χ3n) is 3.52. The molecule has 0 aliphatic carbocycles. The minimum atomic E-state index is -0.838. The van der Waals surface area contributed by atoms with E-state index in [-0.39, 0.29) is 24.4 Å². The lowest BCUT2D eigenvalue weighted by atomic mass is 10.1. The third-order valence-corrected chi connectivity index (χ3v) is 3.52. The lowest BCUT2D eigenvalue weighted by molar-refractivity contribution is -0.137. The summed E-state index contributed by atoms with van der Waals surface area (Å²) in [7, 11) is 0. The molecule has 0 fully saturated rings. The number of rotatable bonds is 11. The van der Waals surface area contributed by atoms with Gasteiger partial charge in [-0.25, -0.2) is 4.79 Å². The molecule has 2 atom stereocenters. The van der Waals surface area contributed by atoms with Crippen molar-refractivity contribution in [2.75, 3.05) is 26.2 Å². The summed E-state index contributed by atoms with van der Waals surface area (Å²) in [6, 6.07) is -0.0991. The summed E-state index contributed by atoms with van der Waals surface area (Å²) in [6.45, 7) is 11.6. The molecule has 0 spiro atoms. The van der Waals surface area contributed by atoms with Crippen LogP contribution in [-0.4, -0.2) is 54.2 Å². The van der Waals surface area contributed by atoms with Crippen LogP contribution in [0.4, 0.5) is 4.79 Å². The molecule has 0 aromatic heterocycles. The fraction of sp³-hybridized carbons (Fsp3) is 0.867. The van der Waals surface area contributed by atoms with Gasteiger partial charge in [-0.1, -0.05) is 20.8 Å². The van der Waals surface area contributed by atoms with E-state index in [1.54, 1.807) is 0 Å². The van der Waals surface area contributed by atoms with Crippen LogP contribution < -0.4 is 10.6 Å². The molecule has 3 N–H and O–H groups in total. The molecule has 2 unspecified atom stereocenters. The normalized spacial score (nSPS) is 13.8. The Morgan fingerprint density at radius 1 is 1.19 bits per heavy atom. The Balaban J connectivity index is 3.76. The molecule has 124 valence electrons. The van der Waals surface area contributed by atoms with E-state index in [1.807, 2.05) is 13.8 Å². The summed E-state index contributed by atoms with van der Waals surface area (Å²) >= 11 is 0. The predicted molar refractivity (Wildman–Crippen MR) is 84.4 cm³/mol. The van der Waals surface area contributed by atoms with Gasteiger partial charge in [-0.05, 0) is 45.3 Å². The summed E-state index contributed by atoms with van der Waals surface area (Å²) in [4.78, 5) is 24.6. The molecular weight excluding hydrogens is 270 g/mol. The van der Waals surface area contributed by atoms with Crippen LogP contribution in [0.25, 0.3) is 0 Å². The minimum Gasteiger partial charge on any atom is -0.481 e. The van der Waals surface area contributed by atoms with Crippen molar-refractivity contribution in [2.24, 2.45) is 5.92 Å². The first-order valence-corrected chi connectivity index (χ1v) is 7.87. The summed E-state index contributed by atoms with van der Waals surface area (Å²) in [5.74, 6) is -0.902. The fourth-order valence-electron chi connectivity index (χ4n) is 2.15. The SMILES string of the molecule is CCN(CC)CCCC(C)NC(=O)NCC(C)CC(=O)O. The quantitative estimate of drug-likeness (QED) is 0.544. The van der Waals surface area contributed by atoms with E-state index in [9.17, 15) is 9.59 Å². The Labute approximate surface area is 128 Å². The van der Waals surface area contributed by atoms with Gasteiger partial charge in [-0.3, -0.25) is 4.79 Å². The maximum absolute atomic E-state index is 11.7. The van der Waals surface area contributed by atoms with E-state index < -0.39 is 5.97 Å². The monoisotopic (exact) mass is 301 g/mol. The second-order valence-corrected chi connectivity index (χ2v) is 5.63. The van der Waals surface area contributed by atoms with E-state index >= 15 is 0 Å². The zero-order valence-electron chi connectivity index (χ0n) is 13.8. The Kier molecular flexibility index (Phi) is 10.7. The summed E-state index contributed by atoms with van der Waals surface area (Å²) < 4.78 is 0. The van der Waals surface area contributed by atoms with Crippen LogP contribution in [0.3, 0.4) is 0 Å². The van der Waals surface area contributed by atoms with Crippen LogP contribution in [0.2, 0.25) is 0 Å². The number of carbonyl (C=O) groups excluding carboxylic acids is 1. The second kappa shape index (κ2) is 11.4. The summed E-state index contributed by atoms with van der Waals surface area (Å²) in [5, 5.41) is 14.2. The average molecular weight is 301 g/mol. The third kappa shape index (κ3) is 11.1. The van der Waals surface area contributed by atoms with Crippen LogP contribution >= 0.6 is 0 Å². The first-order chi connectivity index (χ1) is 9.88. The maximum Gasteiger partial charge on any atom is 0.315 e. The minimum absolute atomic E-state index is 0.0637. The fourth-order valence-corrected chi connectivity index (χ4v) is 2.15. The smallest absolute Gasteiger partial charge is 0.315 e. The summed E-state index contributed by atoms with van der Waals surface area (Å²) in [6.07, 6.45) is 2.06. The molecule has 0 heterocycles. The number of urea groups is 1. The van der Waals surface area contributed by atoms with Gasteiger partial charge < -0.3 is 20.6 Å². The molecule has 0 aromatic carbocycles. The first kappa shape index (κ1) is 19.7. The van der Waals surface area contributed by atoms with Gasteiger partial charge in [0.1, 0.15) is 0 Å². The van der Waals surface area contributed by atoms with E-state index in [0.717, 1.165) is 32.5 Å². The number of aliphatic carboxylic acids is 1. The van der Waals surface area contributed by atoms with E-state index in [0.29, 0.717) is 6.54 Å². The molecule has 0 aliphatic rings. The first-order valence-electron chi connectivity index (χ1n) is 7.87. The molecule has 6 heteroatoms. The van der Waals surface area contributed by atoms with Crippen molar-refractivity contribution in [1.82, 2.24) is 15.5 Å². The molecule has 0 rings (SSSR count). The molecule has 0 bridgehead atoms. The predicted octanol–water partition coefficient (Wildman–Crippen LogP) is 1.91. The zero-order valence-corrected chi connectivity index (χ0v) is 13.8. The van der Waals surface area contributed by atoms with E-state index in [4.69, 9.17) is 5.11 Å². The van der Waals surface area contributed by atoms with Crippen molar-refractivity contribution in [1.29, 1.82) is 0 Å². The van der Waals surface area contributed by atoms with Crippen molar-refractivity contribution in [2.45, 2.75) is 53.0 Å². The van der Waals surface area contributed by atoms with Gasteiger partial charge in [-0.15, -0.1) is 0 Å². The van der Waals surface area contributed by atoms with E-state index in [1.165, 1.54) is 0 Å². The lowest BCUT2D eigenvalue weighted by Gasteiger charge is -2.20. The van der Waals surface area contributed by atoms with Crippen molar-refractivity contribution in [3.63, 3.8) is 0 Å². The van der Waals surface area contributed by atoms with Gasteiger partial charge in [0, 0.05) is 19.0 Å². The Bertz CT molecular complexity index is 307. The molecule has 2 amide bonds. The lowest BCUT2D eigenvalue weighted by Crippen LogP contribution is -2.42. The van der Waals surface area contributed by atoms with Crippen molar-refractivity contribution < 1.29 is 14.7 Å².